The summed E-state index contributed by atoms with van der Waals surface area (Å²) in [6.07, 6.45) is 5.71. The van der Waals surface area contributed by atoms with E-state index >= 15 is 0 Å². The summed E-state index contributed by atoms with van der Waals surface area (Å²) in [6, 6.07) is 0.657. The van der Waals surface area contributed by atoms with E-state index in [1.165, 1.54) is 12.8 Å². The predicted octanol–water partition coefficient (Wildman–Crippen LogP) is 2.62. The van der Waals surface area contributed by atoms with E-state index in [9.17, 15) is 0 Å². The van der Waals surface area contributed by atoms with Crippen LogP contribution in [0.3, 0.4) is 0 Å². The quantitative estimate of drug-likeness (QED) is 0.715. The van der Waals surface area contributed by atoms with Crippen molar-refractivity contribution in [2.45, 2.75) is 58.9 Å². The first-order valence-corrected chi connectivity index (χ1v) is 7.10. The van der Waals surface area contributed by atoms with E-state index in [-0.39, 0.29) is 12.0 Å². The largest absolute Gasteiger partial charge is 0.464 e. The average molecular weight is 267 g/mol. The molecule has 1 rings (SSSR count). The molecule has 0 saturated carbocycles. The molecule has 1 atom stereocenters. The fourth-order valence-electron chi connectivity index (χ4n) is 1.90. The molecule has 1 unspecified atom stereocenters. The summed E-state index contributed by atoms with van der Waals surface area (Å²) in [4.78, 5) is 12.3. The average Bonchev–Trinajstić information content (AvgIpc) is 2.36. The summed E-state index contributed by atoms with van der Waals surface area (Å²) in [5.41, 5.74) is 5.66. The van der Waals surface area contributed by atoms with E-state index in [2.05, 4.69) is 34.1 Å². The Balaban J connectivity index is 2.71. The van der Waals surface area contributed by atoms with Crippen LogP contribution in [0.1, 0.15) is 52.9 Å². The third-order valence-corrected chi connectivity index (χ3v) is 2.78. The highest BCUT2D eigenvalue weighted by atomic mass is 16.5. The maximum Gasteiger partial charge on any atom is 0.323 e. The molecule has 108 valence electrons. The number of nitrogens with two attached hydrogens (primary N) is 1. The van der Waals surface area contributed by atoms with Gasteiger partial charge in [-0.2, -0.15) is 15.0 Å². The van der Waals surface area contributed by atoms with Gasteiger partial charge < -0.3 is 15.8 Å². The Morgan fingerprint density at radius 1 is 1.11 bits per heavy atom. The minimum absolute atomic E-state index is 0.187. The summed E-state index contributed by atoms with van der Waals surface area (Å²) in [5, 5.41) is 3.33. The zero-order valence-electron chi connectivity index (χ0n) is 12.1. The third-order valence-electron chi connectivity index (χ3n) is 2.78. The van der Waals surface area contributed by atoms with Crippen LogP contribution in [0.2, 0.25) is 0 Å². The van der Waals surface area contributed by atoms with Gasteiger partial charge in [-0.15, -0.1) is 0 Å². The highest BCUT2D eigenvalue weighted by Gasteiger charge is 2.11. The molecule has 3 N–H and O–H groups in total. The van der Waals surface area contributed by atoms with E-state index in [1.54, 1.807) is 0 Å². The lowest BCUT2D eigenvalue weighted by molar-refractivity contribution is 0.312. The summed E-state index contributed by atoms with van der Waals surface area (Å²) in [7, 11) is 0. The fourth-order valence-corrected chi connectivity index (χ4v) is 1.90. The van der Waals surface area contributed by atoms with Crippen molar-refractivity contribution >= 4 is 11.9 Å². The third kappa shape index (κ3) is 5.72. The van der Waals surface area contributed by atoms with Crippen molar-refractivity contribution < 1.29 is 4.74 Å². The van der Waals surface area contributed by atoms with Gasteiger partial charge in [-0.25, -0.2) is 0 Å². The molecule has 0 aliphatic carbocycles. The summed E-state index contributed by atoms with van der Waals surface area (Å²) in [6.45, 7) is 6.76. The van der Waals surface area contributed by atoms with Gasteiger partial charge in [0.15, 0.2) is 0 Å². The number of nitrogens with zero attached hydrogens (tertiary/aromatic N) is 3. The van der Waals surface area contributed by atoms with Crippen LogP contribution >= 0.6 is 0 Å². The molecular weight excluding hydrogens is 242 g/mol. The van der Waals surface area contributed by atoms with Crippen molar-refractivity contribution in [3.8, 4) is 6.01 Å². The van der Waals surface area contributed by atoms with Gasteiger partial charge in [-0.3, -0.25) is 0 Å². The second kappa shape index (κ2) is 8.50. The van der Waals surface area contributed by atoms with E-state index in [0.29, 0.717) is 18.6 Å². The van der Waals surface area contributed by atoms with Crippen LogP contribution in [0.25, 0.3) is 0 Å². The summed E-state index contributed by atoms with van der Waals surface area (Å²) >= 11 is 0. The van der Waals surface area contributed by atoms with E-state index in [0.717, 1.165) is 19.3 Å². The van der Waals surface area contributed by atoms with Crippen molar-refractivity contribution in [3.05, 3.63) is 0 Å². The first-order valence-electron chi connectivity index (χ1n) is 7.10. The number of aromatic nitrogens is 3. The van der Waals surface area contributed by atoms with Crippen LogP contribution in [-0.2, 0) is 0 Å². The molecule has 1 aromatic rings. The van der Waals surface area contributed by atoms with Crippen molar-refractivity contribution in [3.63, 3.8) is 0 Å². The van der Waals surface area contributed by atoms with E-state index < -0.39 is 0 Å². The normalized spacial score (nSPS) is 12.2. The number of unbranched alkanes of at least 4 members (excludes halogenated alkanes) is 1. The van der Waals surface area contributed by atoms with Gasteiger partial charge in [-0.1, -0.05) is 33.1 Å². The van der Waals surface area contributed by atoms with Gasteiger partial charge in [-0.05, 0) is 19.8 Å². The monoisotopic (exact) mass is 267 g/mol. The lowest BCUT2D eigenvalue weighted by Gasteiger charge is -2.18. The topological polar surface area (TPSA) is 86.0 Å². The zero-order chi connectivity index (χ0) is 14.1. The van der Waals surface area contributed by atoms with Crippen LogP contribution < -0.4 is 15.8 Å². The van der Waals surface area contributed by atoms with Crippen molar-refractivity contribution in [2.75, 3.05) is 17.7 Å². The Morgan fingerprint density at radius 3 is 2.53 bits per heavy atom. The van der Waals surface area contributed by atoms with Gasteiger partial charge >= 0.3 is 6.01 Å². The number of hydrogen-bond acceptors (Lipinski definition) is 6. The van der Waals surface area contributed by atoms with Gasteiger partial charge in [0.2, 0.25) is 11.9 Å². The second-order valence-electron chi connectivity index (χ2n) is 4.50. The Hall–Kier alpha value is -1.59. The highest BCUT2D eigenvalue weighted by Crippen LogP contribution is 2.14. The number of rotatable bonds is 9. The molecule has 0 amide bonds. The van der Waals surface area contributed by atoms with Gasteiger partial charge in [0.25, 0.3) is 0 Å². The first-order chi connectivity index (χ1) is 9.19. The Morgan fingerprint density at radius 2 is 1.89 bits per heavy atom. The molecular formula is C13H25N5O. The highest BCUT2D eigenvalue weighted by molar-refractivity contribution is 5.33. The number of hydrogen-bond donors (Lipinski definition) is 2. The molecule has 1 aromatic heterocycles. The van der Waals surface area contributed by atoms with Crippen LogP contribution in [0.4, 0.5) is 11.9 Å². The van der Waals surface area contributed by atoms with Crippen molar-refractivity contribution in [1.29, 1.82) is 0 Å². The number of nitrogens with one attached hydrogen (secondary N) is 1. The second-order valence-corrected chi connectivity index (χ2v) is 4.50. The van der Waals surface area contributed by atoms with Crippen LogP contribution in [0.5, 0.6) is 6.01 Å². The molecule has 6 heteroatoms. The van der Waals surface area contributed by atoms with E-state index in [4.69, 9.17) is 10.5 Å². The molecule has 0 aliphatic heterocycles. The molecule has 0 aliphatic rings. The molecule has 6 nitrogen and oxygen atoms in total. The number of ether oxygens (including phenoxy) is 1. The SMILES string of the molecule is CCCCC(CCC)Nc1nc(N)nc(OCC)n1. The van der Waals surface area contributed by atoms with Gasteiger partial charge in [0.1, 0.15) is 0 Å². The molecule has 0 saturated heterocycles. The smallest absolute Gasteiger partial charge is 0.323 e. The summed E-state index contributed by atoms with van der Waals surface area (Å²) < 4.78 is 5.27. The fraction of sp³-hybridized carbons (Fsp3) is 0.769. The van der Waals surface area contributed by atoms with Crippen molar-refractivity contribution in [2.24, 2.45) is 0 Å². The molecule has 0 bridgehead atoms. The Bertz CT molecular complexity index is 372. The van der Waals surface area contributed by atoms with E-state index in [1.807, 2.05) is 6.92 Å². The van der Waals surface area contributed by atoms with Gasteiger partial charge in [0, 0.05) is 6.04 Å². The molecule has 0 radical (unpaired) electrons. The molecule has 1 heterocycles. The lowest BCUT2D eigenvalue weighted by Crippen LogP contribution is -2.21. The first kappa shape index (κ1) is 15.5. The number of anilines is 2. The maximum atomic E-state index is 5.66. The van der Waals surface area contributed by atoms with Crippen LogP contribution in [0, 0.1) is 0 Å². The summed E-state index contributed by atoms with van der Waals surface area (Å²) in [5.74, 6) is 0.692. The molecule has 0 spiro atoms. The van der Waals surface area contributed by atoms with Crippen molar-refractivity contribution in [1.82, 2.24) is 15.0 Å². The van der Waals surface area contributed by atoms with Crippen LogP contribution in [0.15, 0.2) is 0 Å². The van der Waals surface area contributed by atoms with Gasteiger partial charge in [0.05, 0.1) is 6.61 Å². The molecule has 0 fully saturated rings. The Labute approximate surface area is 115 Å². The zero-order valence-corrected chi connectivity index (χ0v) is 12.1. The standard InChI is InChI=1S/C13H25N5O/c1-4-7-9-10(8-5-2)15-12-16-11(14)17-13(18-12)19-6-3/h10H,4-9H2,1-3H3,(H3,14,15,16,17,18). The molecule has 19 heavy (non-hydrogen) atoms. The minimum atomic E-state index is 0.187. The van der Waals surface area contributed by atoms with Crippen LogP contribution in [-0.4, -0.2) is 27.6 Å². The molecule has 0 aromatic carbocycles. The number of nitrogen functional groups attached to an aromatic ring is 1. The predicted molar refractivity (Wildman–Crippen MR) is 77.3 cm³/mol. The maximum absolute atomic E-state index is 5.66. The Kier molecular flexibility index (Phi) is 6.92. The minimum Gasteiger partial charge on any atom is -0.464 e. The lowest BCUT2D eigenvalue weighted by atomic mass is 10.1.